The number of hydrogen-bond donors (Lipinski definition) is 1. The molecule has 0 aliphatic carbocycles. The van der Waals surface area contributed by atoms with Gasteiger partial charge < -0.3 is 19.5 Å². The molecule has 164 valence electrons. The maximum atomic E-state index is 13.2. The average Bonchev–Trinajstić information content (AvgIpc) is 3.07. The third kappa shape index (κ3) is 4.25. The fourth-order valence-electron chi connectivity index (χ4n) is 4.51. The lowest BCUT2D eigenvalue weighted by Gasteiger charge is -2.41. The molecule has 3 aromatic rings. The van der Waals surface area contributed by atoms with E-state index in [4.69, 9.17) is 0 Å². The zero-order valence-corrected chi connectivity index (χ0v) is 18.2. The Morgan fingerprint density at radius 1 is 1.32 bits per heavy atom. The predicted molar refractivity (Wildman–Crippen MR) is 118 cm³/mol. The number of carbonyl (C=O) groups excluding carboxylic acids is 1. The van der Waals surface area contributed by atoms with Crippen LogP contribution in [0.5, 0.6) is 0 Å². The fraction of sp³-hybridized carbons (Fsp3) is 0.435. The van der Waals surface area contributed by atoms with E-state index in [1.165, 1.54) is 12.3 Å². The number of aliphatic hydroxyl groups is 1. The molecule has 31 heavy (non-hydrogen) atoms. The SMILES string of the molecule is CCn1c(C)nc2cc(C(=O)N(C)C[C@@]3(O)CCCN(c4ccc(F)cn4)C3)ccc21. The molecule has 4 rings (SSSR count). The number of benzene rings is 1. The number of rotatable bonds is 5. The van der Waals surface area contributed by atoms with Gasteiger partial charge in [0.1, 0.15) is 17.5 Å². The number of aryl methyl sites for hydroxylation is 2. The van der Waals surface area contributed by atoms with E-state index in [0.717, 1.165) is 36.4 Å². The highest BCUT2D eigenvalue weighted by Gasteiger charge is 2.36. The number of nitrogens with zero attached hydrogens (tertiary/aromatic N) is 5. The van der Waals surface area contributed by atoms with Gasteiger partial charge in [0, 0.05) is 32.2 Å². The van der Waals surface area contributed by atoms with Gasteiger partial charge >= 0.3 is 0 Å². The molecule has 1 saturated heterocycles. The van der Waals surface area contributed by atoms with Gasteiger partial charge in [0.05, 0.1) is 29.4 Å². The molecule has 3 heterocycles. The monoisotopic (exact) mass is 425 g/mol. The Hall–Kier alpha value is -3.00. The van der Waals surface area contributed by atoms with E-state index in [2.05, 4.69) is 21.5 Å². The first-order chi connectivity index (χ1) is 14.8. The minimum Gasteiger partial charge on any atom is -0.386 e. The van der Waals surface area contributed by atoms with Crippen molar-refractivity contribution in [3.63, 3.8) is 0 Å². The highest BCUT2D eigenvalue weighted by Crippen LogP contribution is 2.26. The van der Waals surface area contributed by atoms with E-state index in [1.807, 2.05) is 30.0 Å². The number of imidazole rings is 1. The van der Waals surface area contributed by atoms with Gasteiger partial charge in [-0.3, -0.25) is 4.79 Å². The lowest BCUT2D eigenvalue weighted by molar-refractivity contribution is -0.000130. The van der Waals surface area contributed by atoms with Crippen molar-refractivity contribution in [3.05, 3.63) is 53.7 Å². The second-order valence-electron chi connectivity index (χ2n) is 8.35. The maximum Gasteiger partial charge on any atom is 0.253 e. The molecule has 8 heteroatoms. The van der Waals surface area contributed by atoms with E-state index in [0.29, 0.717) is 24.3 Å². The second-order valence-corrected chi connectivity index (χ2v) is 8.35. The van der Waals surface area contributed by atoms with Gasteiger partial charge in [-0.2, -0.15) is 0 Å². The number of amides is 1. The summed E-state index contributed by atoms with van der Waals surface area (Å²) < 4.78 is 15.3. The fourth-order valence-corrected chi connectivity index (χ4v) is 4.51. The Morgan fingerprint density at radius 2 is 2.13 bits per heavy atom. The minimum atomic E-state index is -1.07. The van der Waals surface area contributed by atoms with Crippen molar-refractivity contribution in [2.75, 3.05) is 31.6 Å². The van der Waals surface area contributed by atoms with Crippen LogP contribution in [-0.4, -0.2) is 62.7 Å². The number of anilines is 1. The molecule has 0 saturated carbocycles. The van der Waals surface area contributed by atoms with Crippen LogP contribution >= 0.6 is 0 Å². The first-order valence-electron chi connectivity index (χ1n) is 10.6. The Balaban J connectivity index is 1.48. The molecule has 1 aliphatic heterocycles. The molecule has 1 fully saturated rings. The average molecular weight is 426 g/mol. The van der Waals surface area contributed by atoms with Crippen molar-refractivity contribution in [1.82, 2.24) is 19.4 Å². The second kappa shape index (κ2) is 8.26. The third-order valence-electron chi connectivity index (χ3n) is 5.97. The van der Waals surface area contributed by atoms with Crippen LogP contribution in [0.4, 0.5) is 10.2 Å². The van der Waals surface area contributed by atoms with Crippen LogP contribution in [0.2, 0.25) is 0 Å². The molecule has 1 amide bonds. The standard InChI is InChI=1S/C23H28FN5O2/c1-4-29-16(2)26-19-12-17(6-8-20(19)29)22(30)27(3)14-23(31)10-5-11-28(15-23)21-9-7-18(24)13-25-21/h6-9,12-13,31H,4-5,10-11,14-15H2,1-3H3/t23-/m0/s1. The van der Waals surface area contributed by atoms with Gasteiger partial charge in [-0.1, -0.05) is 0 Å². The number of fused-ring (bicyclic) bond motifs is 1. The molecule has 7 nitrogen and oxygen atoms in total. The molecule has 2 aromatic heterocycles. The van der Waals surface area contributed by atoms with Crippen LogP contribution in [0.1, 0.15) is 35.9 Å². The Morgan fingerprint density at radius 3 is 2.84 bits per heavy atom. The summed E-state index contributed by atoms with van der Waals surface area (Å²) in [5, 5.41) is 11.2. The van der Waals surface area contributed by atoms with Crippen molar-refractivity contribution < 1.29 is 14.3 Å². The minimum absolute atomic E-state index is 0.156. The number of pyridine rings is 1. The Bertz CT molecular complexity index is 1100. The number of halogens is 1. The zero-order valence-electron chi connectivity index (χ0n) is 18.2. The van der Waals surface area contributed by atoms with E-state index >= 15 is 0 Å². The normalized spacial score (nSPS) is 19.1. The number of piperidine rings is 1. The highest BCUT2D eigenvalue weighted by molar-refractivity contribution is 5.97. The molecule has 1 atom stereocenters. The zero-order chi connectivity index (χ0) is 22.2. The van der Waals surface area contributed by atoms with Crippen LogP contribution in [0.15, 0.2) is 36.5 Å². The van der Waals surface area contributed by atoms with Crippen molar-refractivity contribution in [1.29, 1.82) is 0 Å². The molecular weight excluding hydrogens is 397 g/mol. The largest absolute Gasteiger partial charge is 0.386 e. The van der Waals surface area contributed by atoms with Crippen LogP contribution in [-0.2, 0) is 6.54 Å². The molecular formula is C23H28FN5O2. The summed E-state index contributed by atoms with van der Waals surface area (Å²) in [6.07, 6.45) is 2.52. The lowest BCUT2D eigenvalue weighted by Crippen LogP contribution is -2.54. The van der Waals surface area contributed by atoms with E-state index in [9.17, 15) is 14.3 Å². The lowest BCUT2D eigenvalue weighted by atomic mass is 9.92. The predicted octanol–water partition coefficient (Wildman–Crippen LogP) is 3.00. The summed E-state index contributed by atoms with van der Waals surface area (Å²) in [7, 11) is 1.70. The molecule has 1 aromatic carbocycles. The third-order valence-corrected chi connectivity index (χ3v) is 5.97. The van der Waals surface area contributed by atoms with Gasteiger partial charge in [0.15, 0.2) is 0 Å². The van der Waals surface area contributed by atoms with E-state index < -0.39 is 11.4 Å². The van der Waals surface area contributed by atoms with Crippen LogP contribution < -0.4 is 4.90 Å². The first kappa shape index (κ1) is 21.2. The van der Waals surface area contributed by atoms with Crippen LogP contribution in [0.3, 0.4) is 0 Å². The number of carbonyl (C=O) groups is 1. The highest BCUT2D eigenvalue weighted by atomic mass is 19.1. The van der Waals surface area contributed by atoms with Gasteiger partial charge in [-0.05, 0) is 57.0 Å². The van der Waals surface area contributed by atoms with Crippen molar-refractivity contribution in [2.45, 2.75) is 38.8 Å². The summed E-state index contributed by atoms with van der Waals surface area (Å²) in [6.45, 7) is 6.11. The number of aromatic nitrogens is 3. The molecule has 0 spiro atoms. The number of likely N-dealkylation sites (N-methyl/N-ethyl adjacent to an activating group) is 1. The van der Waals surface area contributed by atoms with E-state index in [1.54, 1.807) is 18.0 Å². The molecule has 0 unspecified atom stereocenters. The van der Waals surface area contributed by atoms with Crippen molar-refractivity contribution in [3.8, 4) is 0 Å². The summed E-state index contributed by atoms with van der Waals surface area (Å²) in [6, 6.07) is 8.53. The van der Waals surface area contributed by atoms with Crippen LogP contribution in [0.25, 0.3) is 11.0 Å². The summed E-state index contributed by atoms with van der Waals surface area (Å²) in [5.41, 5.74) is 1.28. The van der Waals surface area contributed by atoms with Gasteiger partial charge in [0.2, 0.25) is 0 Å². The summed E-state index contributed by atoms with van der Waals surface area (Å²) >= 11 is 0. The summed E-state index contributed by atoms with van der Waals surface area (Å²) in [4.78, 5) is 25.3. The molecule has 1 aliphatic rings. The van der Waals surface area contributed by atoms with Gasteiger partial charge in [-0.15, -0.1) is 0 Å². The van der Waals surface area contributed by atoms with Gasteiger partial charge in [-0.25, -0.2) is 14.4 Å². The van der Waals surface area contributed by atoms with Crippen molar-refractivity contribution in [2.24, 2.45) is 0 Å². The maximum absolute atomic E-state index is 13.2. The van der Waals surface area contributed by atoms with Gasteiger partial charge in [0.25, 0.3) is 5.91 Å². The number of hydrogen-bond acceptors (Lipinski definition) is 5. The molecule has 1 N–H and O–H groups in total. The smallest absolute Gasteiger partial charge is 0.253 e. The van der Waals surface area contributed by atoms with E-state index in [-0.39, 0.29) is 12.5 Å². The number of β-amino-alcohol motifs (C(OH)–C–C–N with tert-alkyl or cyclic N) is 1. The summed E-state index contributed by atoms with van der Waals surface area (Å²) in [5.74, 6) is 0.996. The first-order valence-corrected chi connectivity index (χ1v) is 10.6. The van der Waals surface area contributed by atoms with Crippen molar-refractivity contribution >= 4 is 22.8 Å². The molecule has 0 radical (unpaired) electrons. The molecule has 0 bridgehead atoms. The van der Waals surface area contributed by atoms with Crippen LogP contribution in [0, 0.1) is 12.7 Å². The Kier molecular flexibility index (Phi) is 5.66. The Labute approximate surface area is 181 Å². The quantitative estimate of drug-likeness (QED) is 0.680. The topological polar surface area (TPSA) is 74.5 Å².